The lowest BCUT2D eigenvalue weighted by atomic mass is 9.68. The molecule has 0 spiro atoms. The molecular formula is C14H17NO3. The standard InChI is InChI=1S/C14H17NO3/c1-2-18-13(17)14(9-6-10-14)12(16)15-11-7-4-3-5-8-11/h3-5,7-8H,2,6,9-10H2,1H3,(H,15,16). The minimum Gasteiger partial charge on any atom is -0.465 e. The quantitative estimate of drug-likeness (QED) is 0.656. The first-order chi connectivity index (χ1) is 8.69. The van der Waals surface area contributed by atoms with Crippen molar-refractivity contribution in [2.45, 2.75) is 26.2 Å². The summed E-state index contributed by atoms with van der Waals surface area (Å²) in [7, 11) is 0. The first-order valence-electron chi connectivity index (χ1n) is 6.23. The summed E-state index contributed by atoms with van der Waals surface area (Å²) in [6.07, 6.45) is 2.04. The number of benzene rings is 1. The first kappa shape index (κ1) is 12.6. The molecule has 1 saturated carbocycles. The largest absolute Gasteiger partial charge is 0.465 e. The molecule has 0 bridgehead atoms. The van der Waals surface area contributed by atoms with Crippen LogP contribution < -0.4 is 5.32 Å². The zero-order chi connectivity index (χ0) is 13.0. The van der Waals surface area contributed by atoms with Crippen molar-refractivity contribution in [2.24, 2.45) is 5.41 Å². The molecule has 0 radical (unpaired) electrons. The molecule has 1 N–H and O–H groups in total. The number of hydrogen-bond acceptors (Lipinski definition) is 3. The Kier molecular flexibility index (Phi) is 3.65. The molecule has 0 heterocycles. The summed E-state index contributed by atoms with van der Waals surface area (Å²) in [4.78, 5) is 24.1. The van der Waals surface area contributed by atoms with Gasteiger partial charge in [-0.2, -0.15) is 0 Å². The first-order valence-corrected chi connectivity index (χ1v) is 6.23. The van der Waals surface area contributed by atoms with Crippen LogP contribution in [0.3, 0.4) is 0 Å². The summed E-state index contributed by atoms with van der Waals surface area (Å²) in [6.45, 7) is 2.05. The van der Waals surface area contributed by atoms with E-state index in [9.17, 15) is 9.59 Å². The van der Waals surface area contributed by atoms with E-state index in [0.29, 0.717) is 25.1 Å². The average Bonchev–Trinajstić information content (AvgIpc) is 2.29. The number of carbonyl (C=O) groups is 2. The number of para-hydroxylation sites is 1. The predicted molar refractivity (Wildman–Crippen MR) is 68.0 cm³/mol. The number of anilines is 1. The van der Waals surface area contributed by atoms with Crippen molar-refractivity contribution in [3.63, 3.8) is 0 Å². The van der Waals surface area contributed by atoms with E-state index < -0.39 is 11.4 Å². The Labute approximate surface area is 106 Å². The van der Waals surface area contributed by atoms with Crippen LogP contribution in [0.4, 0.5) is 5.69 Å². The van der Waals surface area contributed by atoms with Crippen LogP contribution >= 0.6 is 0 Å². The van der Waals surface area contributed by atoms with Crippen molar-refractivity contribution >= 4 is 17.6 Å². The van der Waals surface area contributed by atoms with E-state index in [2.05, 4.69) is 5.32 Å². The van der Waals surface area contributed by atoms with E-state index in [0.717, 1.165) is 6.42 Å². The zero-order valence-corrected chi connectivity index (χ0v) is 10.4. The fourth-order valence-corrected chi connectivity index (χ4v) is 2.10. The fraction of sp³-hybridized carbons (Fsp3) is 0.429. The molecule has 1 fully saturated rings. The summed E-state index contributed by atoms with van der Waals surface area (Å²) < 4.78 is 5.01. The minimum absolute atomic E-state index is 0.251. The molecular weight excluding hydrogens is 230 g/mol. The third-order valence-electron chi connectivity index (χ3n) is 3.34. The van der Waals surface area contributed by atoms with Crippen LogP contribution in [0.5, 0.6) is 0 Å². The molecule has 0 atom stereocenters. The van der Waals surface area contributed by atoms with Crippen LogP contribution in [0.15, 0.2) is 30.3 Å². The number of ether oxygens (including phenoxy) is 1. The zero-order valence-electron chi connectivity index (χ0n) is 10.4. The Morgan fingerprint density at radius 1 is 1.28 bits per heavy atom. The molecule has 1 aliphatic rings. The van der Waals surface area contributed by atoms with E-state index in [1.807, 2.05) is 18.2 Å². The van der Waals surface area contributed by atoms with Gasteiger partial charge in [0, 0.05) is 5.69 Å². The van der Waals surface area contributed by atoms with Crippen molar-refractivity contribution in [3.05, 3.63) is 30.3 Å². The van der Waals surface area contributed by atoms with Crippen LogP contribution in [0, 0.1) is 5.41 Å². The Hall–Kier alpha value is -1.84. The second-order valence-corrected chi connectivity index (χ2v) is 4.48. The topological polar surface area (TPSA) is 55.4 Å². The normalized spacial score (nSPS) is 16.5. The second kappa shape index (κ2) is 5.21. The van der Waals surface area contributed by atoms with Gasteiger partial charge in [-0.25, -0.2) is 0 Å². The van der Waals surface area contributed by atoms with E-state index >= 15 is 0 Å². The van der Waals surface area contributed by atoms with Crippen LogP contribution in [-0.2, 0) is 14.3 Å². The summed E-state index contributed by atoms with van der Waals surface area (Å²) in [5.41, 5.74) is -0.260. The molecule has 96 valence electrons. The highest BCUT2D eigenvalue weighted by atomic mass is 16.5. The van der Waals surface area contributed by atoms with Crippen molar-refractivity contribution in [3.8, 4) is 0 Å². The van der Waals surface area contributed by atoms with Crippen LogP contribution in [0.1, 0.15) is 26.2 Å². The molecule has 18 heavy (non-hydrogen) atoms. The molecule has 0 aliphatic heterocycles. The number of rotatable bonds is 4. The maximum Gasteiger partial charge on any atom is 0.321 e. The SMILES string of the molecule is CCOC(=O)C1(C(=O)Nc2ccccc2)CCC1. The van der Waals surface area contributed by atoms with Gasteiger partial charge in [0.05, 0.1) is 6.61 Å². The van der Waals surface area contributed by atoms with Gasteiger partial charge in [-0.15, -0.1) is 0 Å². The summed E-state index contributed by atoms with van der Waals surface area (Å²) in [5.74, 6) is -0.650. The predicted octanol–water partition coefficient (Wildman–Crippen LogP) is 2.36. The van der Waals surface area contributed by atoms with E-state index in [1.54, 1.807) is 19.1 Å². The van der Waals surface area contributed by atoms with Gasteiger partial charge in [-0.05, 0) is 31.9 Å². The van der Waals surface area contributed by atoms with Gasteiger partial charge in [0.25, 0.3) is 0 Å². The third kappa shape index (κ3) is 2.23. The Morgan fingerprint density at radius 2 is 1.94 bits per heavy atom. The van der Waals surface area contributed by atoms with Crippen LogP contribution in [-0.4, -0.2) is 18.5 Å². The Balaban J connectivity index is 2.09. The number of nitrogens with one attached hydrogen (secondary N) is 1. The molecule has 1 aliphatic carbocycles. The van der Waals surface area contributed by atoms with E-state index in [1.165, 1.54) is 0 Å². The van der Waals surface area contributed by atoms with Crippen LogP contribution in [0.25, 0.3) is 0 Å². The van der Waals surface area contributed by atoms with E-state index in [4.69, 9.17) is 4.74 Å². The fourth-order valence-electron chi connectivity index (χ4n) is 2.10. The smallest absolute Gasteiger partial charge is 0.321 e. The Morgan fingerprint density at radius 3 is 2.44 bits per heavy atom. The van der Waals surface area contributed by atoms with Crippen molar-refractivity contribution < 1.29 is 14.3 Å². The minimum atomic E-state index is -0.966. The summed E-state index contributed by atoms with van der Waals surface area (Å²) in [6, 6.07) is 9.16. The number of carbonyl (C=O) groups excluding carboxylic acids is 2. The van der Waals surface area contributed by atoms with Gasteiger partial charge in [0.15, 0.2) is 0 Å². The highest BCUT2D eigenvalue weighted by molar-refractivity contribution is 6.09. The van der Waals surface area contributed by atoms with Gasteiger partial charge in [-0.1, -0.05) is 24.6 Å². The highest BCUT2D eigenvalue weighted by Gasteiger charge is 2.52. The third-order valence-corrected chi connectivity index (χ3v) is 3.34. The maximum atomic E-state index is 12.2. The lowest BCUT2D eigenvalue weighted by molar-refractivity contribution is -0.165. The Bertz CT molecular complexity index is 438. The van der Waals surface area contributed by atoms with E-state index in [-0.39, 0.29) is 5.91 Å². The number of esters is 1. The number of amides is 1. The van der Waals surface area contributed by atoms with Gasteiger partial charge in [-0.3, -0.25) is 9.59 Å². The highest BCUT2D eigenvalue weighted by Crippen LogP contribution is 2.43. The van der Waals surface area contributed by atoms with Gasteiger partial charge >= 0.3 is 5.97 Å². The number of hydrogen-bond donors (Lipinski definition) is 1. The second-order valence-electron chi connectivity index (χ2n) is 4.48. The summed E-state index contributed by atoms with van der Waals surface area (Å²) >= 11 is 0. The molecule has 4 nitrogen and oxygen atoms in total. The van der Waals surface area contributed by atoms with Crippen molar-refractivity contribution in [1.29, 1.82) is 0 Å². The van der Waals surface area contributed by atoms with Crippen molar-refractivity contribution in [1.82, 2.24) is 0 Å². The molecule has 1 aromatic carbocycles. The van der Waals surface area contributed by atoms with Gasteiger partial charge < -0.3 is 10.1 Å². The van der Waals surface area contributed by atoms with Crippen molar-refractivity contribution in [2.75, 3.05) is 11.9 Å². The molecule has 1 aromatic rings. The molecule has 1 amide bonds. The lowest BCUT2D eigenvalue weighted by Gasteiger charge is -2.37. The summed E-state index contributed by atoms with van der Waals surface area (Å²) in [5, 5.41) is 2.78. The molecule has 2 rings (SSSR count). The van der Waals surface area contributed by atoms with Crippen LogP contribution in [0.2, 0.25) is 0 Å². The lowest BCUT2D eigenvalue weighted by Crippen LogP contribution is -2.49. The molecule has 4 heteroatoms. The molecule has 0 unspecified atom stereocenters. The molecule has 0 saturated heterocycles. The monoisotopic (exact) mass is 247 g/mol. The maximum absolute atomic E-state index is 12.2. The van der Waals surface area contributed by atoms with Gasteiger partial charge in [0.1, 0.15) is 5.41 Å². The molecule has 0 aromatic heterocycles. The van der Waals surface area contributed by atoms with Gasteiger partial charge in [0.2, 0.25) is 5.91 Å². The average molecular weight is 247 g/mol.